The van der Waals surface area contributed by atoms with Crippen molar-refractivity contribution in [1.82, 2.24) is 5.32 Å². The number of methoxy groups -OCH3 is 1. The Balaban J connectivity index is 2.06. The van der Waals surface area contributed by atoms with Crippen molar-refractivity contribution >= 4 is 5.91 Å². The van der Waals surface area contributed by atoms with Crippen LogP contribution in [-0.2, 0) is 9.53 Å². The fraction of sp³-hybridized carbons (Fsp3) is 0.933. The number of amides is 1. The lowest BCUT2D eigenvalue weighted by molar-refractivity contribution is -0.122. The molecule has 1 fully saturated rings. The molecule has 1 unspecified atom stereocenters. The number of carbonyl (C=O) groups excluding carboxylic acids is 1. The highest BCUT2D eigenvalue weighted by Crippen LogP contribution is 2.29. The maximum atomic E-state index is 11.8. The van der Waals surface area contributed by atoms with Gasteiger partial charge in [0.25, 0.3) is 0 Å². The second kappa shape index (κ2) is 9.32. The molecular weight excluding hydrogens is 240 g/mol. The molecular formula is C15H30N2O2. The van der Waals surface area contributed by atoms with Gasteiger partial charge in [-0.05, 0) is 31.1 Å². The normalized spacial score (nSPS) is 25.0. The van der Waals surface area contributed by atoms with E-state index in [2.05, 4.69) is 12.2 Å². The van der Waals surface area contributed by atoms with Crippen LogP contribution in [-0.4, -0.2) is 32.2 Å². The summed E-state index contributed by atoms with van der Waals surface area (Å²) in [7, 11) is 1.66. The lowest BCUT2D eigenvalue weighted by Crippen LogP contribution is -2.41. The van der Waals surface area contributed by atoms with Gasteiger partial charge in [-0.25, -0.2) is 0 Å². The van der Waals surface area contributed by atoms with Crippen LogP contribution in [0, 0.1) is 11.8 Å². The number of nitrogens with one attached hydrogen (secondary N) is 1. The minimum Gasteiger partial charge on any atom is -0.385 e. The van der Waals surface area contributed by atoms with Crippen molar-refractivity contribution < 1.29 is 9.53 Å². The van der Waals surface area contributed by atoms with E-state index in [-0.39, 0.29) is 11.9 Å². The van der Waals surface area contributed by atoms with Gasteiger partial charge < -0.3 is 15.8 Å². The van der Waals surface area contributed by atoms with Crippen LogP contribution in [0.25, 0.3) is 0 Å². The van der Waals surface area contributed by atoms with Crippen molar-refractivity contribution in [2.45, 2.75) is 57.9 Å². The van der Waals surface area contributed by atoms with Crippen molar-refractivity contribution in [1.29, 1.82) is 0 Å². The Labute approximate surface area is 117 Å². The second-order valence-corrected chi connectivity index (χ2v) is 5.95. The van der Waals surface area contributed by atoms with Crippen LogP contribution in [0.3, 0.4) is 0 Å². The molecule has 0 radical (unpaired) electrons. The van der Waals surface area contributed by atoms with Crippen molar-refractivity contribution in [2.24, 2.45) is 17.6 Å². The first-order chi connectivity index (χ1) is 9.13. The summed E-state index contributed by atoms with van der Waals surface area (Å²) in [6, 6.07) is -0.387. The van der Waals surface area contributed by atoms with E-state index in [0.717, 1.165) is 31.2 Å². The summed E-state index contributed by atoms with van der Waals surface area (Å²) in [5.41, 5.74) is 5.83. The summed E-state index contributed by atoms with van der Waals surface area (Å²) < 4.78 is 4.95. The maximum absolute atomic E-state index is 11.8. The number of carbonyl (C=O) groups is 1. The van der Waals surface area contributed by atoms with Crippen molar-refractivity contribution in [3.8, 4) is 0 Å². The summed E-state index contributed by atoms with van der Waals surface area (Å²) in [6.45, 7) is 3.77. The standard InChI is InChI=1S/C15H30N2O2/c1-12-5-7-13(8-6-12)9-10-17-15(18)14(16)4-3-11-19-2/h12-14H,3-11,16H2,1-2H3,(H,17,18). The fourth-order valence-electron chi connectivity index (χ4n) is 2.73. The average molecular weight is 270 g/mol. The van der Waals surface area contributed by atoms with Gasteiger partial charge >= 0.3 is 0 Å². The van der Waals surface area contributed by atoms with Crippen LogP contribution < -0.4 is 11.1 Å². The zero-order valence-corrected chi connectivity index (χ0v) is 12.5. The Bertz CT molecular complexity index is 251. The molecule has 1 aliphatic carbocycles. The fourth-order valence-corrected chi connectivity index (χ4v) is 2.73. The first-order valence-corrected chi connectivity index (χ1v) is 7.65. The molecule has 1 saturated carbocycles. The molecule has 0 aliphatic heterocycles. The van der Waals surface area contributed by atoms with Crippen molar-refractivity contribution in [3.05, 3.63) is 0 Å². The molecule has 19 heavy (non-hydrogen) atoms. The molecule has 1 aliphatic rings. The maximum Gasteiger partial charge on any atom is 0.236 e. The van der Waals surface area contributed by atoms with Crippen LogP contribution >= 0.6 is 0 Å². The molecule has 0 aromatic carbocycles. The van der Waals surface area contributed by atoms with Gasteiger partial charge in [0.05, 0.1) is 6.04 Å². The summed E-state index contributed by atoms with van der Waals surface area (Å²) in [5.74, 6) is 1.67. The third kappa shape index (κ3) is 6.92. The molecule has 0 spiro atoms. The average Bonchev–Trinajstić information content (AvgIpc) is 2.41. The van der Waals surface area contributed by atoms with E-state index in [1.807, 2.05) is 0 Å². The predicted octanol–water partition coefficient (Wildman–Crippen LogP) is 2.07. The molecule has 1 rings (SSSR count). The molecule has 0 saturated heterocycles. The van der Waals surface area contributed by atoms with E-state index >= 15 is 0 Å². The summed E-state index contributed by atoms with van der Waals surface area (Å²) in [5, 5.41) is 2.96. The van der Waals surface area contributed by atoms with Gasteiger partial charge in [-0.15, -0.1) is 0 Å². The zero-order chi connectivity index (χ0) is 14.1. The highest BCUT2D eigenvalue weighted by atomic mass is 16.5. The highest BCUT2D eigenvalue weighted by molar-refractivity contribution is 5.81. The van der Waals surface area contributed by atoms with Gasteiger partial charge in [-0.1, -0.05) is 32.6 Å². The number of hydrogen-bond acceptors (Lipinski definition) is 3. The molecule has 0 aromatic rings. The molecule has 3 N–H and O–H groups in total. The summed E-state index contributed by atoms with van der Waals surface area (Å²) in [4.78, 5) is 11.8. The smallest absolute Gasteiger partial charge is 0.236 e. The SMILES string of the molecule is COCCCC(N)C(=O)NCCC1CCC(C)CC1. The Hall–Kier alpha value is -0.610. The van der Waals surface area contributed by atoms with Crippen LogP contribution in [0.5, 0.6) is 0 Å². The Morgan fingerprint density at radius 3 is 2.68 bits per heavy atom. The third-order valence-electron chi connectivity index (χ3n) is 4.19. The highest BCUT2D eigenvalue weighted by Gasteiger charge is 2.18. The number of hydrogen-bond donors (Lipinski definition) is 2. The largest absolute Gasteiger partial charge is 0.385 e. The lowest BCUT2D eigenvalue weighted by Gasteiger charge is -2.26. The number of ether oxygens (including phenoxy) is 1. The van der Waals surface area contributed by atoms with E-state index in [1.54, 1.807) is 7.11 Å². The minimum absolute atomic E-state index is 0.0136. The molecule has 112 valence electrons. The Kier molecular flexibility index (Phi) is 8.07. The van der Waals surface area contributed by atoms with E-state index in [0.29, 0.717) is 13.0 Å². The van der Waals surface area contributed by atoms with E-state index in [9.17, 15) is 4.79 Å². The van der Waals surface area contributed by atoms with Crippen molar-refractivity contribution in [3.63, 3.8) is 0 Å². The topological polar surface area (TPSA) is 64.3 Å². The monoisotopic (exact) mass is 270 g/mol. The van der Waals surface area contributed by atoms with Gasteiger partial charge in [0, 0.05) is 20.3 Å². The van der Waals surface area contributed by atoms with E-state index in [4.69, 9.17) is 10.5 Å². The quantitative estimate of drug-likeness (QED) is 0.664. The lowest BCUT2D eigenvalue weighted by atomic mass is 9.81. The van der Waals surface area contributed by atoms with Gasteiger partial charge in [0.15, 0.2) is 0 Å². The van der Waals surface area contributed by atoms with Gasteiger partial charge in [0.2, 0.25) is 5.91 Å². The van der Waals surface area contributed by atoms with Gasteiger partial charge in [-0.3, -0.25) is 4.79 Å². The molecule has 1 atom stereocenters. The van der Waals surface area contributed by atoms with Gasteiger partial charge in [-0.2, -0.15) is 0 Å². The molecule has 0 aromatic heterocycles. The Morgan fingerprint density at radius 1 is 1.37 bits per heavy atom. The second-order valence-electron chi connectivity index (χ2n) is 5.95. The number of nitrogens with two attached hydrogens (primary N) is 1. The van der Waals surface area contributed by atoms with Gasteiger partial charge in [0.1, 0.15) is 0 Å². The van der Waals surface area contributed by atoms with Crippen LogP contribution in [0.15, 0.2) is 0 Å². The summed E-state index contributed by atoms with van der Waals surface area (Å²) >= 11 is 0. The first kappa shape index (κ1) is 16.4. The third-order valence-corrected chi connectivity index (χ3v) is 4.19. The van der Waals surface area contributed by atoms with E-state index < -0.39 is 0 Å². The molecule has 0 bridgehead atoms. The van der Waals surface area contributed by atoms with Crippen molar-refractivity contribution in [2.75, 3.05) is 20.3 Å². The molecule has 0 heterocycles. The van der Waals surface area contributed by atoms with Crippen LogP contribution in [0.2, 0.25) is 0 Å². The van der Waals surface area contributed by atoms with Crippen LogP contribution in [0.4, 0.5) is 0 Å². The van der Waals surface area contributed by atoms with E-state index in [1.165, 1.54) is 25.7 Å². The predicted molar refractivity (Wildman–Crippen MR) is 77.8 cm³/mol. The summed E-state index contributed by atoms with van der Waals surface area (Å²) in [6.07, 6.45) is 7.95. The minimum atomic E-state index is -0.387. The molecule has 4 nitrogen and oxygen atoms in total. The molecule has 1 amide bonds. The zero-order valence-electron chi connectivity index (χ0n) is 12.5. The molecule has 4 heteroatoms. The van der Waals surface area contributed by atoms with Crippen LogP contribution in [0.1, 0.15) is 51.9 Å². The number of rotatable bonds is 8. The first-order valence-electron chi connectivity index (χ1n) is 7.65. The Morgan fingerprint density at radius 2 is 2.05 bits per heavy atom.